The summed E-state index contributed by atoms with van der Waals surface area (Å²) in [5.74, 6) is 0.991. The lowest BCUT2D eigenvalue weighted by molar-refractivity contribution is 0.102. The van der Waals surface area contributed by atoms with Crippen LogP contribution in [0.5, 0.6) is 0 Å². The number of benzene rings is 1. The van der Waals surface area contributed by atoms with E-state index in [1.807, 2.05) is 35.1 Å². The van der Waals surface area contributed by atoms with Crippen molar-refractivity contribution in [1.82, 2.24) is 24.6 Å². The van der Waals surface area contributed by atoms with E-state index in [4.69, 9.17) is 4.98 Å². The molecule has 2 aliphatic heterocycles. The number of hydrogen-bond donors (Lipinski definition) is 2. The molecule has 1 atom stereocenters. The first kappa shape index (κ1) is 20.6. The Labute approximate surface area is 182 Å². The molecule has 5 rings (SSSR count). The van der Waals surface area contributed by atoms with Crippen molar-refractivity contribution < 1.29 is 4.79 Å². The number of carbonyl (C=O) groups excluding carboxylic acids is 1. The number of nitrogens with zero attached hydrogens (tertiary/aromatic N) is 4. The van der Waals surface area contributed by atoms with Crippen LogP contribution >= 0.6 is 12.4 Å². The molecule has 0 aliphatic carbocycles. The largest absolute Gasteiger partial charge is 0.334 e. The zero-order valence-corrected chi connectivity index (χ0v) is 17.7. The van der Waals surface area contributed by atoms with Gasteiger partial charge in [-0.25, -0.2) is 4.98 Å². The molecule has 8 heteroatoms. The Morgan fingerprint density at radius 1 is 1.13 bits per heavy atom. The number of carbonyl (C=O) groups is 1. The van der Waals surface area contributed by atoms with Gasteiger partial charge in [0, 0.05) is 43.2 Å². The van der Waals surface area contributed by atoms with E-state index in [0.29, 0.717) is 11.7 Å². The number of anilines is 1. The standard InChI is InChI=1S/C22H26N6O.ClH/c29-22(19-10-13-28(26-19)18-4-3-11-23-14-18)24-17-8-6-16(7-9-17)20-15-27-12-2-1-5-21(27)25-20;/h6-10,13,15,18,23H,1-5,11-12,14H2,(H,24,29);1H. The monoisotopic (exact) mass is 426 g/mol. The predicted molar refractivity (Wildman–Crippen MR) is 119 cm³/mol. The van der Waals surface area contributed by atoms with Gasteiger partial charge in [0.2, 0.25) is 0 Å². The van der Waals surface area contributed by atoms with Crippen molar-refractivity contribution in [1.29, 1.82) is 0 Å². The summed E-state index contributed by atoms with van der Waals surface area (Å²) in [4.78, 5) is 17.3. The number of hydrogen-bond acceptors (Lipinski definition) is 4. The molecular weight excluding hydrogens is 400 g/mol. The maximum Gasteiger partial charge on any atom is 0.276 e. The Morgan fingerprint density at radius 2 is 2.00 bits per heavy atom. The molecule has 0 bridgehead atoms. The zero-order valence-electron chi connectivity index (χ0n) is 16.9. The maximum atomic E-state index is 12.6. The summed E-state index contributed by atoms with van der Waals surface area (Å²) in [6, 6.07) is 9.98. The van der Waals surface area contributed by atoms with E-state index >= 15 is 0 Å². The zero-order chi connectivity index (χ0) is 19.6. The van der Waals surface area contributed by atoms with Gasteiger partial charge >= 0.3 is 0 Å². The maximum absolute atomic E-state index is 12.6. The summed E-state index contributed by atoms with van der Waals surface area (Å²) >= 11 is 0. The van der Waals surface area contributed by atoms with Gasteiger partial charge in [-0.15, -0.1) is 12.4 Å². The molecule has 2 aromatic heterocycles. The minimum absolute atomic E-state index is 0. The van der Waals surface area contributed by atoms with Gasteiger partial charge in [-0.3, -0.25) is 9.48 Å². The van der Waals surface area contributed by atoms with Crippen LogP contribution in [0.25, 0.3) is 11.3 Å². The van der Waals surface area contributed by atoms with Crippen molar-refractivity contribution in [2.45, 2.75) is 44.7 Å². The molecule has 0 saturated carbocycles. The highest BCUT2D eigenvalue weighted by Gasteiger charge is 2.18. The van der Waals surface area contributed by atoms with E-state index < -0.39 is 0 Å². The second kappa shape index (κ2) is 9.02. The average Bonchev–Trinajstić information content (AvgIpc) is 3.42. The molecule has 4 heterocycles. The second-order valence-corrected chi connectivity index (χ2v) is 7.91. The van der Waals surface area contributed by atoms with Gasteiger partial charge in [0.15, 0.2) is 5.69 Å². The Bertz CT molecular complexity index is 980. The molecule has 2 N–H and O–H groups in total. The van der Waals surface area contributed by atoms with Crippen LogP contribution in [0.2, 0.25) is 0 Å². The van der Waals surface area contributed by atoms with Crippen molar-refractivity contribution >= 4 is 24.0 Å². The quantitative estimate of drug-likeness (QED) is 0.667. The van der Waals surface area contributed by atoms with Crippen LogP contribution in [0, 0.1) is 0 Å². The van der Waals surface area contributed by atoms with Gasteiger partial charge in [0.1, 0.15) is 5.82 Å². The number of fused-ring (bicyclic) bond motifs is 1. The molecule has 158 valence electrons. The first-order valence-electron chi connectivity index (χ1n) is 10.5. The fourth-order valence-electron chi connectivity index (χ4n) is 4.19. The van der Waals surface area contributed by atoms with E-state index in [9.17, 15) is 4.79 Å². The summed E-state index contributed by atoms with van der Waals surface area (Å²) in [5, 5.41) is 10.8. The molecule has 7 nitrogen and oxygen atoms in total. The smallest absolute Gasteiger partial charge is 0.276 e. The topological polar surface area (TPSA) is 76.8 Å². The van der Waals surface area contributed by atoms with E-state index in [-0.39, 0.29) is 18.3 Å². The van der Waals surface area contributed by atoms with Gasteiger partial charge < -0.3 is 15.2 Å². The SMILES string of the molecule is Cl.O=C(Nc1ccc(-c2cn3c(n2)CCCC3)cc1)c1ccn(C2CCCNC2)n1. The number of imidazole rings is 1. The Morgan fingerprint density at radius 3 is 2.77 bits per heavy atom. The number of aromatic nitrogens is 4. The predicted octanol–water partition coefficient (Wildman–Crippen LogP) is 3.68. The van der Waals surface area contributed by atoms with Crippen molar-refractivity contribution in [3.8, 4) is 11.3 Å². The molecule has 0 radical (unpaired) electrons. The summed E-state index contributed by atoms with van der Waals surface area (Å²) in [6.07, 6.45) is 9.75. The van der Waals surface area contributed by atoms with Crippen LogP contribution in [0.15, 0.2) is 42.7 Å². The van der Waals surface area contributed by atoms with Gasteiger partial charge in [0.25, 0.3) is 5.91 Å². The third-order valence-corrected chi connectivity index (χ3v) is 5.83. The molecule has 30 heavy (non-hydrogen) atoms. The number of piperidine rings is 1. The van der Waals surface area contributed by atoms with Gasteiger partial charge in [0.05, 0.1) is 11.7 Å². The van der Waals surface area contributed by atoms with E-state index in [1.165, 1.54) is 18.7 Å². The average molecular weight is 427 g/mol. The summed E-state index contributed by atoms with van der Waals surface area (Å²) in [5.41, 5.74) is 3.27. The highest BCUT2D eigenvalue weighted by Crippen LogP contribution is 2.24. The minimum atomic E-state index is -0.183. The van der Waals surface area contributed by atoms with Crippen molar-refractivity contribution in [2.24, 2.45) is 0 Å². The van der Waals surface area contributed by atoms with E-state index in [1.54, 1.807) is 6.07 Å². The van der Waals surface area contributed by atoms with E-state index in [2.05, 4.69) is 26.5 Å². The number of aryl methyl sites for hydroxylation is 2. The van der Waals surface area contributed by atoms with Crippen LogP contribution in [-0.4, -0.2) is 38.3 Å². The van der Waals surface area contributed by atoms with E-state index in [0.717, 1.165) is 55.8 Å². The van der Waals surface area contributed by atoms with Crippen LogP contribution < -0.4 is 10.6 Å². The molecule has 1 amide bonds. The summed E-state index contributed by atoms with van der Waals surface area (Å²) in [6.45, 7) is 3.02. The summed E-state index contributed by atoms with van der Waals surface area (Å²) in [7, 11) is 0. The van der Waals surface area contributed by atoms with Crippen molar-refractivity contribution in [3.05, 3.63) is 54.2 Å². The van der Waals surface area contributed by atoms with Crippen molar-refractivity contribution in [3.63, 3.8) is 0 Å². The fraction of sp³-hybridized carbons (Fsp3) is 0.409. The molecular formula is C22H27ClN6O. The second-order valence-electron chi connectivity index (χ2n) is 7.91. The molecule has 2 aliphatic rings. The third-order valence-electron chi connectivity index (χ3n) is 5.83. The highest BCUT2D eigenvalue weighted by molar-refractivity contribution is 6.02. The number of nitrogens with one attached hydrogen (secondary N) is 2. The molecule has 3 aromatic rings. The lowest BCUT2D eigenvalue weighted by atomic mass is 10.1. The summed E-state index contributed by atoms with van der Waals surface area (Å²) < 4.78 is 4.16. The van der Waals surface area contributed by atoms with Gasteiger partial charge in [-0.1, -0.05) is 12.1 Å². The Hall–Kier alpha value is -2.64. The molecule has 0 spiro atoms. The minimum Gasteiger partial charge on any atom is -0.334 e. The number of halogens is 1. The molecule has 1 unspecified atom stereocenters. The third kappa shape index (κ3) is 4.27. The lowest BCUT2D eigenvalue weighted by Gasteiger charge is -2.22. The molecule has 1 fully saturated rings. The van der Waals surface area contributed by atoms with Crippen LogP contribution in [0.3, 0.4) is 0 Å². The Kier molecular flexibility index (Phi) is 6.20. The first-order valence-corrected chi connectivity index (χ1v) is 10.5. The fourth-order valence-corrected chi connectivity index (χ4v) is 4.19. The first-order chi connectivity index (χ1) is 14.3. The van der Waals surface area contributed by atoms with Crippen LogP contribution in [-0.2, 0) is 13.0 Å². The molecule has 1 aromatic carbocycles. The Balaban J connectivity index is 0.00000218. The van der Waals surface area contributed by atoms with Gasteiger partial charge in [-0.2, -0.15) is 5.10 Å². The number of rotatable bonds is 4. The van der Waals surface area contributed by atoms with Crippen LogP contribution in [0.4, 0.5) is 5.69 Å². The van der Waals surface area contributed by atoms with Crippen LogP contribution in [0.1, 0.15) is 48.0 Å². The normalized spacial score (nSPS) is 18.3. The molecule has 1 saturated heterocycles. The van der Waals surface area contributed by atoms with Gasteiger partial charge in [-0.05, 0) is 50.4 Å². The number of amides is 1. The van der Waals surface area contributed by atoms with Crippen molar-refractivity contribution in [2.75, 3.05) is 18.4 Å². The lowest BCUT2D eigenvalue weighted by Crippen LogP contribution is -2.32. The highest BCUT2D eigenvalue weighted by atomic mass is 35.5.